The third-order valence-electron chi connectivity index (χ3n) is 0.744. The zero-order valence-corrected chi connectivity index (χ0v) is 6.07. The second-order valence-electron chi connectivity index (χ2n) is 1.35. The molecule has 0 spiro atoms. The lowest BCUT2D eigenvalue weighted by Gasteiger charge is -2.12. The van der Waals surface area contributed by atoms with E-state index in [-0.39, 0.29) is 0 Å². The first-order valence-corrected chi connectivity index (χ1v) is 3.04. The first-order chi connectivity index (χ1) is 4.33. The van der Waals surface area contributed by atoms with Crippen molar-refractivity contribution in [3.05, 3.63) is 10.8 Å². The van der Waals surface area contributed by atoms with Crippen LogP contribution in [0.5, 0.6) is 0 Å². The van der Waals surface area contributed by atoms with Crippen LogP contribution < -0.4 is 22.1 Å². The Bertz CT molecular complexity index is 162. The molecule has 1 rings (SSSR count). The molecule has 1 aliphatic rings. The van der Waals surface area contributed by atoms with Gasteiger partial charge in [-0.1, -0.05) is 0 Å². The highest BCUT2D eigenvalue weighted by Crippen LogP contribution is 1.99. The molecule has 0 aliphatic carbocycles. The molecule has 5 nitrogen and oxygen atoms in total. The van der Waals surface area contributed by atoms with Crippen molar-refractivity contribution in [2.24, 2.45) is 10.8 Å². The van der Waals surface area contributed by atoms with Crippen LogP contribution in [-0.4, -0.2) is 5.96 Å². The third kappa shape index (κ3) is 1.58. The van der Waals surface area contributed by atoms with E-state index in [2.05, 4.69) is 37.2 Å². The second kappa shape index (κ2) is 2.70. The number of guanidine groups is 1. The van der Waals surface area contributed by atoms with Gasteiger partial charge in [0.2, 0.25) is 5.96 Å². The number of hydrazine groups is 2. The predicted molar refractivity (Wildman–Crippen MR) is 38.0 cm³/mol. The van der Waals surface area contributed by atoms with Crippen LogP contribution in [0.3, 0.4) is 0 Å². The van der Waals surface area contributed by atoms with Crippen LogP contribution in [0, 0.1) is 0 Å². The molecule has 0 saturated heterocycles. The second-order valence-corrected chi connectivity index (χ2v) is 2.20. The van der Waals surface area contributed by atoms with Gasteiger partial charge in [0.15, 0.2) is 0 Å². The molecule has 0 saturated carbocycles. The lowest BCUT2D eigenvalue weighted by atomic mass is 10.8. The fourth-order valence-electron chi connectivity index (χ4n) is 0.378. The Morgan fingerprint density at radius 1 is 1.67 bits per heavy atom. The number of hydrogen-bond donors (Lipinski definition) is 4. The third-order valence-corrected chi connectivity index (χ3v) is 1.15. The van der Waals surface area contributed by atoms with E-state index < -0.39 is 0 Å². The molecule has 9 heavy (non-hydrogen) atoms. The fraction of sp³-hybridized carbons (Fsp3) is 0. The van der Waals surface area contributed by atoms with E-state index in [9.17, 15) is 0 Å². The van der Waals surface area contributed by atoms with Gasteiger partial charge in [-0.05, 0) is 15.9 Å². The van der Waals surface area contributed by atoms with Gasteiger partial charge in [-0.2, -0.15) is 0 Å². The quantitative estimate of drug-likeness (QED) is 0.228. The molecule has 50 valence electrons. The first kappa shape index (κ1) is 6.37. The van der Waals surface area contributed by atoms with Crippen LogP contribution in [0.25, 0.3) is 0 Å². The van der Waals surface area contributed by atoms with Gasteiger partial charge in [-0.15, -0.1) is 0 Å². The van der Waals surface area contributed by atoms with E-state index in [0.29, 0.717) is 5.96 Å². The monoisotopic (exact) mass is 191 g/mol. The van der Waals surface area contributed by atoms with Crippen LogP contribution in [0.2, 0.25) is 0 Å². The lowest BCUT2D eigenvalue weighted by molar-refractivity contribution is 0.749. The Kier molecular flexibility index (Phi) is 1.91. The van der Waals surface area contributed by atoms with Crippen LogP contribution in [0.15, 0.2) is 15.8 Å². The van der Waals surface area contributed by atoms with Gasteiger partial charge < -0.3 is 0 Å². The number of aliphatic imine (C=N–C) groups is 1. The summed E-state index contributed by atoms with van der Waals surface area (Å²) in [4.78, 5) is 3.83. The van der Waals surface area contributed by atoms with E-state index in [1.807, 2.05) is 0 Å². The highest BCUT2D eigenvalue weighted by atomic mass is 79.9. The molecular formula is C3H6BrN5. The Morgan fingerprint density at radius 3 is 2.89 bits per heavy atom. The van der Waals surface area contributed by atoms with Crippen LogP contribution >= 0.6 is 15.9 Å². The van der Waals surface area contributed by atoms with Crippen molar-refractivity contribution in [1.29, 1.82) is 0 Å². The van der Waals surface area contributed by atoms with Crippen molar-refractivity contribution < 1.29 is 0 Å². The summed E-state index contributed by atoms with van der Waals surface area (Å²) >= 11 is 3.16. The van der Waals surface area contributed by atoms with Crippen molar-refractivity contribution in [3.63, 3.8) is 0 Å². The minimum Gasteiger partial charge on any atom is -0.293 e. The number of nitrogens with two attached hydrogens (primary N) is 1. The fourth-order valence-corrected chi connectivity index (χ4v) is 0.580. The minimum atomic E-state index is 0.484. The Balaban J connectivity index is 2.59. The van der Waals surface area contributed by atoms with E-state index in [1.54, 1.807) is 6.20 Å². The molecular weight excluding hydrogens is 186 g/mol. The molecule has 0 amide bonds. The average molecular weight is 192 g/mol. The summed E-state index contributed by atoms with van der Waals surface area (Å²) in [6.07, 6.45) is 1.59. The molecule has 0 atom stereocenters. The van der Waals surface area contributed by atoms with Crippen molar-refractivity contribution in [3.8, 4) is 0 Å². The van der Waals surface area contributed by atoms with Crippen molar-refractivity contribution >= 4 is 21.9 Å². The number of hydrogen-bond acceptors (Lipinski definition) is 5. The maximum absolute atomic E-state index is 5.02. The minimum absolute atomic E-state index is 0.484. The highest BCUT2D eigenvalue weighted by Gasteiger charge is 1.98. The van der Waals surface area contributed by atoms with Gasteiger partial charge >= 0.3 is 0 Å². The maximum atomic E-state index is 5.02. The maximum Gasteiger partial charge on any atom is 0.229 e. The predicted octanol–water partition coefficient (Wildman–Crippen LogP) is -0.893. The highest BCUT2D eigenvalue weighted by molar-refractivity contribution is 9.11. The molecule has 0 radical (unpaired) electrons. The number of nitrogens with zero attached hydrogens (tertiary/aromatic N) is 1. The van der Waals surface area contributed by atoms with E-state index in [0.717, 1.165) is 4.61 Å². The van der Waals surface area contributed by atoms with Gasteiger partial charge in [0.05, 0.1) is 6.20 Å². The Labute approximate surface area is 60.5 Å². The summed E-state index contributed by atoms with van der Waals surface area (Å²) in [5.41, 5.74) is 7.74. The molecule has 1 heterocycles. The smallest absolute Gasteiger partial charge is 0.229 e. The average Bonchev–Trinajstić information content (AvgIpc) is 1.90. The molecule has 0 fully saturated rings. The van der Waals surface area contributed by atoms with Crippen molar-refractivity contribution in [1.82, 2.24) is 16.3 Å². The normalized spacial score (nSPS) is 16.7. The molecule has 0 aromatic heterocycles. The summed E-state index contributed by atoms with van der Waals surface area (Å²) in [6.45, 7) is 0. The zero-order chi connectivity index (χ0) is 6.69. The molecule has 0 aromatic carbocycles. The van der Waals surface area contributed by atoms with Crippen LogP contribution in [-0.2, 0) is 0 Å². The molecule has 5 N–H and O–H groups in total. The standard InChI is InChI=1S/C3H6BrN5/c4-2-1-6-3(7-5)9-8-2/h1,8H,5H2,(H2,6,7,9). The van der Waals surface area contributed by atoms with Crippen molar-refractivity contribution in [2.75, 3.05) is 0 Å². The van der Waals surface area contributed by atoms with Gasteiger partial charge in [0, 0.05) is 0 Å². The molecule has 0 aromatic rings. The van der Waals surface area contributed by atoms with Gasteiger partial charge in [0.1, 0.15) is 4.61 Å². The summed E-state index contributed by atoms with van der Waals surface area (Å²) in [6, 6.07) is 0. The number of nitrogens with one attached hydrogen (secondary N) is 3. The lowest BCUT2D eigenvalue weighted by Crippen LogP contribution is -2.48. The number of rotatable bonds is 0. The van der Waals surface area contributed by atoms with Gasteiger partial charge in [0.25, 0.3) is 0 Å². The van der Waals surface area contributed by atoms with E-state index in [4.69, 9.17) is 5.84 Å². The summed E-state index contributed by atoms with van der Waals surface area (Å²) in [5.74, 6) is 5.51. The molecule has 0 bridgehead atoms. The summed E-state index contributed by atoms with van der Waals surface area (Å²) in [7, 11) is 0. The Hall–Kier alpha value is -0.750. The topological polar surface area (TPSA) is 74.5 Å². The zero-order valence-electron chi connectivity index (χ0n) is 4.48. The first-order valence-electron chi connectivity index (χ1n) is 2.25. The largest absolute Gasteiger partial charge is 0.293 e. The van der Waals surface area contributed by atoms with Gasteiger partial charge in [-0.3, -0.25) is 16.3 Å². The SMILES string of the molecule is NNC1=NC=C(Br)NN1. The molecule has 1 aliphatic heterocycles. The van der Waals surface area contributed by atoms with Gasteiger partial charge in [-0.25, -0.2) is 10.8 Å². The molecule has 0 unspecified atom stereocenters. The van der Waals surface area contributed by atoms with Crippen molar-refractivity contribution in [2.45, 2.75) is 0 Å². The number of halogens is 1. The Morgan fingerprint density at radius 2 is 2.44 bits per heavy atom. The van der Waals surface area contributed by atoms with Crippen LogP contribution in [0.4, 0.5) is 0 Å². The van der Waals surface area contributed by atoms with Crippen LogP contribution in [0.1, 0.15) is 0 Å². The summed E-state index contributed by atoms with van der Waals surface area (Å²) in [5, 5.41) is 0. The summed E-state index contributed by atoms with van der Waals surface area (Å²) < 4.78 is 0.765. The molecule has 6 heteroatoms. The van der Waals surface area contributed by atoms with E-state index >= 15 is 0 Å². The van der Waals surface area contributed by atoms with E-state index in [1.165, 1.54) is 0 Å².